The lowest BCUT2D eigenvalue weighted by Gasteiger charge is -2.18. The molecule has 0 atom stereocenters. The maximum absolute atomic E-state index is 11.8. The van der Waals surface area contributed by atoms with Crippen molar-refractivity contribution in [3.05, 3.63) is 17.7 Å². The molecule has 0 aliphatic carbocycles. The molecule has 0 aliphatic heterocycles. The third kappa shape index (κ3) is 4.03. The van der Waals surface area contributed by atoms with Crippen LogP contribution in [0.4, 0.5) is 0 Å². The number of halogens is 1. The molecule has 0 saturated carbocycles. The highest BCUT2D eigenvalue weighted by atomic mass is 35.5. The summed E-state index contributed by atoms with van der Waals surface area (Å²) in [5.74, 6) is 0. The minimum atomic E-state index is -3.54. The molecule has 0 aliphatic rings. The second kappa shape index (κ2) is 4.65. The van der Waals surface area contributed by atoms with Gasteiger partial charge in [0, 0.05) is 6.54 Å². The molecule has 0 unspecified atom stereocenters. The lowest BCUT2D eigenvalue weighted by atomic mass is 9.98. The fourth-order valence-corrected chi connectivity index (χ4v) is 2.10. The maximum atomic E-state index is 11.8. The van der Waals surface area contributed by atoms with Gasteiger partial charge in [-0.15, -0.1) is 0 Å². The van der Waals surface area contributed by atoms with Crippen LogP contribution in [0.1, 0.15) is 20.8 Å². The van der Waals surface area contributed by atoms with Gasteiger partial charge in [0.1, 0.15) is 4.90 Å². The fourth-order valence-electron chi connectivity index (χ4n) is 0.834. The highest BCUT2D eigenvalue weighted by molar-refractivity contribution is 7.89. The van der Waals surface area contributed by atoms with E-state index in [2.05, 4.69) is 14.7 Å². The Morgan fingerprint density at radius 3 is 2.25 bits per heavy atom. The molecule has 0 aromatic carbocycles. The summed E-state index contributed by atoms with van der Waals surface area (Å²) >= 11 is 5.47. The van der Waals surface area contributed by atoms with E-state index < -0.39 is 10.0 Å². The number of rotatable bonds is 3. The van der Waals surface area contributed by atoms with Crippen LogP contribution in [-0.2, 0) is 10.0 Å². The topological polar surface area (TPSA) is 72.0 Å². The molecule has 7 heteroatoms. The normalized spacial score (nSPS) is 12.8. The van der Waals surface area contributed by atoms with E-state index in [1.807, 2.05) is 20.8 Å². The molecule has 0 amide bonds. The first-order chi connectivity index (χ1) is 7.21. The van der Waals surface area contributed by atoms with Crippen molar-refractivity contribution < 1.29 is 8.42 Å². The summed E-state index contributed by atoms with van der Waals surface area (Å²) in [5.41, 5.74) is -0.125. The van der Waals surface area contributed by atoms with Gasteiger partial charge in [0.05, 0.1) is 12.4 Å². The number of hydrogen-bond donors (Lipinski definition) is 1. The smallest absolute Gasteiger partial charge is 0.225 e. The van der Waals surface area contributed by atoms with E-state index in [4.69, 9.17) is 11.6 Å². The molecule has 1 rings (SSSR count). The highest BCUT2D eigenvalue weighted by Crippen LogP contribution is 2.13. The Hall–Kier alpha value is -0.720. The lowest BCUT2D eigenvalue weighted by molar-refractivity contribution is 0.407. The summed E-state index contributed by atoms with van der Waals surface area (Å²) in [6.07, 6.45) is 2.36. The van der Waals surface area contributed by atoms with Crippen molar-refractivity contribution in [2.24, 2.45) is 5.41 Å². The van der Waals surface area contributed by atoms with E-state index in [9.17, 15) is 8.42 Å². The SMILES string of the molecule is CC(C)(C)CNS(=O)(=O)c1cnc(Cl)nc1. The van der Waals surface area contributed by atoms with Crippen LogP contribution in [0.25, 0.3) is 0 Å². The van der Waals surface area contributed by atoms with E-state index >= 15 is 0 Å². The van der Waals surface area contributed by atoms with E-state index in [0.29, 0.717) is 6.54 Å². The first-order valence-corrected chi connectivity index (χ1v) is 6.54. The Labute approximate surface area is 100 Å². The zero-order chi connectivity index (χ0) is 12.4. The van der Waals surface area contributed by atoms with Gasteiger partial charge in [-0.25, -0.2) is 23.1 Å². The minimum Gasteiger partial charge on any atom is -0.225 e. The standard InChI is InChI=1S/C9H14ClN3O2S/c1-9(2,3)6-13-16(14,15)7-4-11-8(10)12-5-7/h4-5,13H,6H2,1-3H3. The van der Waals surface area contributed by atoms with Crippen molar-refractivity contribution in [1.82, 2.24) is 14.7 Å². The van der Waals surface area contributed by atoms with Gasteiger partial charge in [-0.2, -0.15) is 0 Å². The van der Waals surface area contributed by atoms with Crippen molar-refractivity contribution in [3.8, 4) is 0 Å². The van der Waals surface area contributed by atoms with E-state index in [1.165, 1.54) is 12.4 Å². The second-order valence-electron chi connectivity index (χ2n) is 4.57. The number of sulfonamides is 1. The largest absolute Gasteiger partial charge is 0.243 e. The summed E-state index contributed by atoms with van der Waals surface area (Å²) in [5, 5.41) is 0.0229. The zero-order valence-corrected chi connectivity index (χ0v) is 10.9. The Bertz CT molecular complexity index is 451. The Kier molecular flexibility index (Phi) is 3.88. The molecule has 1 aromatic rings. The molecule has 0 fully saturated rings. The summed E-state index contributed by atoms with van der Waals surface area (Å²) in [4.78, 5) is 7.26. The van der Waals surface area contributed by atoms with Crippen LogP contribution in [0, 0.1) is 5.41 Å². The molecule has 16 heavy (non-hydrogen) atoms. The van der Waals surface area contributed by atoms with E-state index in [0.717, 1.165) is 0 Å². The number of nitrogens with zero attached hydrogens (tertiary/aromatic N) is 2. The first kappa shape index (κ1) is 13.3. The predicted molar refractivity (Wildman–Crippen MR) is 61.7 cm³/mol. The van der Waals surface area contributed by atoms with Crippen LogP contribution < -0.4 is 4.72 Å². The molecule has 0 bridgehead atoms. The van der Waals surface area contributed by atoms with Gasteiger partial charge in [-0.3, -0.25) is 0 Å². The minimum absolute atomic E-state index is 0.0150. The summed E-state index contributed by atoms with van der Waals surface area (Å²) in [6, 6.07) is 0. The molecule has 0 spiro atoms. The molecule has 5 nitrogen and oxygen atoms in total. The van der Waals surface area contributed by atoms with Gasteiger partial charge in [-0.05, 0) is 17.0 Å². The maximum Gasteiger partial charge on any atom is 0.243 e. The van der Waals surface area contributed by atoms with E-state index in [-0.39, 0.29) is 15.6 Å². The highest BCUT2D eigenvalue weighted by Gasteiger charge is 2.19. The van der Waals surface area contributed by atoms with Crippen molar-refractivity contribution in [2.75, 3.05) is 6.54 Å². The summed E-state index contributed by atoms with van der Waals surface area (Å²) in [6.45, 7) is 6.16. The lowest BCUT2D eigenvalue weighted by Crippen LogP contribution is -2.32. The number of hydrogen-bond acceptors (Lipinski definition) is 4. The van der Waals surface area contributed by atoms with Gasteiger partial charge >= 0.3 is 0 Å². The Morgan fingerprint density at radius 2 is 1.81 bits per heavy atom. The molecular weight excluding hydrogens is 250 g/mol. The molecule has 1 N–H and O–H groups in total. The third-order valence-corrected chi connectivity index (χ3v) is 3.25. The van der Waals surface area contributed by atoms with Gasteiger partial charge in [0.15, 0.2) is 0 Å². The third-order valence-electron chi connectivity index (χ3n) is 1.70. The van der Waals surface area contributed by atoms with Crippen LogP contribution in [-0.4, -0.2) is 24.9 Å². The van der Waals surface area contributed by atoms with Crippen LogP contribution in [0.15, 0.2) is 17.3 Å². The van der Waals surface area contributed by atoms with Gasteiger partial charge < -0.3 is 0 Å². The Balaban J connectivity index is 2.83. The van der Waals surface area contributed by atoms with Crippen LogP contribution in [0.2, 0.25) is 5.28 Å². The quantitative estimate of drug-likeness (QED) is 0.838. The summed E-state index contributed by atoms with van der Waals surface area (Å²) < 4.78 is 26.0. The molecule has 90 valence electrons. The van der Waals surface area contributed by atoms with Gasteiger partial charge in [0.2, 0.25) is 15.3 Å². The van der Waals surface area contributed by atoms with Gasteiger partial charge in [-0.1, -0.05) is 20.8 Å². The Morgan fingerprint density at radius 1 is 1.31 bits per heavy atom. The van der Waals surface area contributed by atoms with Crippen LogP contribution >= 0.6 is 11.6 Å². The zero-order valence-electron chi connectivity index (χ0n) is 9.36. The molecule has 1 aromatic heterocycles. The van der Waals surface area contributed by atoms with Crippen molar-refractivity contribution in [2.45, 2.75) is 25.7 Å². The van der Waals surface area contributed by atoms with Crippen molar-refractivity contribution in [1.29, 1.82) is 0 Å². The van der Waals surface area contributed by atoms with Crippen molar-refractivity contribution >= 4 is 21.6 Å². The molecule has 0 saturated heterocycles. The number of nitrogens with one attached hydrogen (secondary N) is 1. The fraction of sp³-hybridized carbons (Fsp3) is 0.556. The van der Waals surface area contributed by atoms with Crippen molar-refractivity contribution in [3.63, 3.8) is 0 Å². The summed E-state index contributed by atoms with van der Waals surface area (Å²) in [7, 11) is -3.54. The average Bonchev–Trinajstić information content (AvgIpc) is 2.15. The van der Waals surface area contributed by atoms with Gasteiger partial charge in [0.25, 0.3) is 0 Å². The molecule has 0 radical (unpaired) electrons. The first-order valence-electron chi connectivity index (χ1n) is 4.68. The second-order valence-corrected chi connectivity index (χ2v) is 6.68. The number of aromatic nitrogens is 2. The van der Waals surface area contributed by atoms with Crippen LogP contribution in [0.5, 0.6) is 0 Å². The molecular formula is C9H14ClN3O2S. The van der Waals surface area contributed by atoms with Crippen LogP contribution in [0.3, 0.4) is 0 Å². The monoisotopic (exact) mass is 263 g/mol. The predicted octanol–water partition coefficient (Wildman–Crippen LogP) is 1.45. The van der Waals surface area contributed by atoms with E-state index in [1.54, 1.807) is 0 Å². The average molecular weight is 264 g/mol. The molecule has 1 heterocycles.